The van der Waals surface area contributed by atoms with Crippen LogP contribution in [0, 0.1) is 6.92 Å². The predicted molar refractivity (Wildman–Crippen MR) is 93.1 cm³/mol. The zero-order valence-electron chi connectivity index (χ0n) is 13.4. The van der Waals surface area contributed by atoms with Crippen LogP contribution in [-0.4, -0.2) is 30.1 Å². The summed E-state index contributed by atoms with van der Waals surface area (Å²) in [4.78, 5) is 18.4. The summed E-state index contributed by atoms with van der Waals surface area (Å²) in [7, 11) is 0. The number of anilines is 1. The second-order valence-corrected chi connectivity index (χ2v) is 6.18. The first kappa shape index (κ1) is 16.6. The zero-order chi connectivity index (χ0) is 16.9. The van der Waals surface area contributed by atoms with Crippen LogP contribution >= 0.6 is 11.6 Å². The number of ether oxygens (including phenoxy) is 1. The van der Waals surface area contributed by atoms with Crippen molar-refractivity contribution in [3.8, 4) is 0 Å². The minimum absolute atomic E-state index is 0.0657. The SMILES string of the molecule is Cc1ccc(C=CC(=O)OC2CCN(c3ccc(Cl)cn3)CC2)o1. The number of hydrogen-bond donors (Lipinski definition) is 0. The standard InChI is InChI=1S/C18H19ClN2O3/c1-13-2-4-15(23-13)5-7-18(22)24-16-8-10-21(11-9-16)17-6-3-14(19)12-20-17/h2-7,12,16H,8-11H2,1H3. The Kier molecular flexibility index (Phi) is 5.20. The lowest BCUT2D eigenvalue weighted by atomic mass is 10.1. The molecule has 0 aromatic carbocycles. The minimum Gasteiger partial charge on any atom is -0.462 e. The monoisotopic (exact) mass is 346 g/mol. The summed E-state index contributed by atoms with van der Waals surface area (Å²) in [5, 5.41) is 0.626. The lowest BCUT2D eigenvalue weighted by Crippen LogP contribution is -2.38. The maximum Gasteiger partial charge on any atom is 0.331 e. The number of aryl methyl sites for hydroxylation is 1. The van der Waals surface area contributed by atoms with Gasteiger partial charge in [0.25, 0.3) is 0 Å². The summed E-state index contributed by atoms with van der Waals surface area (Å²) < 4.78 is 10.9. The number of pyridine rings is 1. The number of esters is 1. The van der Waals surface area contributed by atoms with E-state index in [0.29, 0.717) is 10.8 Å². The number of halogens is 1. The highest BCUT2D eigenvalue weighted by Gasteiger charge is 2.22. The van der Waals surface area contributed by atoms with Gasteiger partial charge in [-0.1, -0.05) is 11.6 Å². The second kappa shape index (κ2) is 7.53. The first-order valence-electron chi connectivity index (χ1n) is 7.92. The summed E-state index contributed by atoms with van der Waals surface area (Å²) in [6.45, 7) is 3.46. The van der Waals surface area contributed by atoms with Gasteiger partial charge in [-0.3, -0.25) is 0 Å². The van der Waals surface area contributed by atoms with E-state index in [1.807, 2.05) is 31.2 Å². The van der Waals surface area contributed by atoms with Gasteiger partial charge in [-0.15, -0.1) is 0 Å². The van der Waals surface area contributed by atoms with Crippen molar-refractivity contribution in [2.75, 3.05) is 18.0 Å². The number of rotatable bonds is 4. The molecule has 3 heterocycles. The Morgan fingerprint density at radius 2 is 2.12 bits per heavy atom. The number of nitrogens with zero attached hydrogens (tertiary/aromatic N) is 2. The number of carbonyl (C=O) groups excluding carboxylic acids is 1. The van der Waals surface area contributed by atoms with Crippen molar-refractivity contribution in [3.05, 3.63) is 53.1 Å². The molecule has 0 bridgehead atoms. The topological polar surface area (TPSA) is 55.6 Å². The fraction of sp³-hybridized carbons (Fsp3) is 0.333. The molecule has 0 atom stereocenters. The van der Waals surface area contributed by atoms with Gasteiger partial charge in [-0.05, 0) is 37.3 Å². The molecule has 2 aromatic rings. The second-order valence-electron chi connectivity index (χ2n) is 5.74. The minimum atomic E-state index is -0.341. The van der Waals surface area contributed by atoms with Gasteiger partial charge in [0, 0.05) is 38.2 Å². The number of piperidine rings is 1. The van der Waals surface area contributed by atoms with E-state index in [4.69, 9.17) is 20.8 Å². The highest BCUT2D eigenvalue weighted by Crippen LogP contribution is 2.21. The number of hydrogen-bond acceptors (Lipinski definition) is 5. The molecule has 2 aromatic heterocycles. The van der Waals surface area contributed by atoms with E-state index in [-0.39, 0.29) is 12.1 Å². The first-order chi connectivity index (χ1) is 11.6. The van der Waals surface area contributed by atoms with Crippen LogP contribution in [0.3, 0.4) is 0 Å². The summed E-state index contributed by atoms with van der Waals surface area (Å²) in [6, 6.07) is 7.40. The summed E-state index contributed by atoms with van der Waals surface area (Å²) in [5.41, 5.74) is 0. The molecule has 1 saturated heterocycles. The Morgan fingerprint density at radius 1 is 1.33 bits per heavy atom. The average molecular weight is 347 g/mol. The molecule has 6 heteroatoms. The van der Waals surface area contributed by atoms with Gasteiger partial charge in [0.1, 0.15) is 23.4 Å². The summed E-state index contributed by atoms with van der Waals surface area (Å²) in [5.74, 6) is 2.02. The molecule has 24 heavy (non-hydrogen) atoms. The van der Waals surface area contributed by atoms with E-state index < -0.39 is 0 Å². The van der Waals surface area contributed by atoms with Crippen LogP contribution in [0.1, 0.15) is 24.4 Å². The van der Waals surface area contributed by atoms with Gasteiger partial charge >= 0.3 is 5.97 Å². The molecule has 0 N–H and O–H groups in total. The fourth-order valence-corrected chi connectivity index (χ4v) is 2.77. The Labute approximate surface area is 145 Å². The van der Waals surface area contributed by atoms with Gasteiger partial charge in [-0.2, -0.15) is 0 Å². The van der Waals surface area contributed by atoms with Gasteiger partial charge in [0.2, 0.25) is 0 Å². The molecule has 1 fully saturated rings. The van der Waals surface area contributed by atoms with Gasteiger partial charge in [0.15, 0.2) is 0 Å². The van der Waals surface area contributed by atoms with Crippen LogP contribution < -0.4 is 4.90 Å². The third kappa shape index (κ3) is 4.38. The maximum absolute atomic E-state index is 11.9. The van der Waals surface area contributed by atoms with Gasteiger partial charge < -0.3 is 14.1 Å². The highest BCUT2D eigenvalue weighted by molar-refractivity contribution is 6.30. The molecular formula is C18H19ClN2O3. The maximum atomic E-state index is 11.9. The molecule has 3 rings (SSSR count). The van der Waals surface area contributed by atoms with Crippen LogP contribution in [0.15, 0.2) is 41.0 Å². The third-order valence-electron chi connectivity index (χ3n) is 3.91. The van der Waals surface area contributed by atoms with Crippen molar-refractivity contribution in [1.29, 1.82) is 0 Å². The molecule has 5 nitrogen and oxygen atoms in total. The smallest absolute Gasteiger partial charge is 0.331 e. The lowest BCUT2D eigenvalue weighted by molar-refractivity contribution is -0.143. The molecule has 0 unspecified atom stereocenters. The van der Waals surface area contributed by atoms with Crippen LogP contribution in [0.25, 0.3) is 6.08 Å². The van der Waals surface area contributed by atoms with E-state index in [0.717, 1.165) is 37.5 Å². The van der Waals surface area contributed by atoms with Crippen molar-refractivity contribution in [2.45, 2.75) is 25.9 Å². The number of carbonyl (C=O) groups is 1. The van der Waals surface area contributed by atoms with Crippen molar-refractivity contribution in [3.63, 3.8) is 0 Å². The quantitative estimate of drug-likeness (QED) is 0.621. The molecule has 1 aliphatic heterocycles. The molecule has 126 valence electrons. The predicted octanol–water partition coefficient (Wildman–Crippen LogP) is 3.86. The molecule has 1 aliphatic rings. The fourth-order valence-electron chi connectivity index (χ4n) is 2.65. The Morgan fingerprint density at radius 3 is 2.75 bits per heavy atom. The lowest BCUT2D eigenvalue weighted by Gasteiger charge is -2.32. The van der Waals surface area contributed by atoms with E-state index in [9.17, 15) is 4.79 Å². The molecule has 0 aliphatic carbocycles. The average Bonchev–Trinajstić information content (AvgIpc) is 3.00. The van der Waals surface area contributed by atoms with Crippen molar-refractivity contribution in [2.24, 2.45) is 0 Å². The van der Waals surface area contributed by atoms with E-state index in [1.165, 1.54) is 6.08 Å². The summed E-state index contributed by atoms with van der Waals surface area (Å²) >= 11 is 5.85. The largest absolute Gasteiger partial charge is 0.462 e. The molecule has 0 saturated carbocycles. The number of aromatic nitrogens is 1. The Bertz CT molecular complexity index is 716. The van der Waals surface area contributed by atoms with Crippen molar-refractivity contribution >= 4 is 29.5 Å². The molecular weight excluding hydrogens is 328 g/mol. The molecule has 0 amide bonds. The van der Waals surface area contributed by atoms with Gasteiger partial charge in [-0.25, -0.2) is 9.78 Å². The van der Waals surface area contributed by atoms with Crippen molar-refractivity contribution < 1.29 is 13.9 Å². The third-order valence-corrected chi connectivity index (χ3v) is 4.13. The Hall–Kier alpha value is -2.27. The van der Waals surface area contributed by atoms with E-state index in [2.05, 4.69) is 9.88 Å². The van der Waals surface area contributed by atoms with Gasteiger partial charge in [0.05, 0.1) is 5.02 Å². The molecule has 0 spiro atoms. The molecule has 0 radical (unpaired) electrons. The van der Waals surface area contributed by atoms with Crippen LogP contribution in [0.4, 0.5) is 5.82 Å². The number of furan rings is 1. The highest BCUT2D eigenvalue weighted by atomic mass is 35.5. The first-order valence-corrected chi connectivity index (χ1v) is 8.29. The van der Waals surface area contributed by atoms with E-state index in [1.54, 1.807) is 12.3 Å². The summed E-state index contributed by atoms with van der Waals surface area (Å²) in [6.07, 6.45) is 6.18. The van der Waals surface area contributed by atoms with Crippen LogP contribution in [0.5, 0.6) is 0 Å². The van der Waals surface area contributed by atoms with Crippen molar-refractivity contribution in [1.82, 2.24) is 4.98 Å². The van der Waals surface area contributed by atoms with Crippen LogP contribution in [0.2, 0.25) is 5.02 Å². The zero-order valence-corrected chi connectivity index (χ0v) is 14.2. The normalized spacial score (nSPS) is 15.8. The van der Waals surface area contributed by atoms with E-state index >= 15 is 0 Å². The Balaban J connectivity index is 1.47. The van der Waals surface area contributed by atoms with Crippen LogP contribution in [-0.2, 0) is 9.53 Å².